The number of halogens is 1. The van der Waals surface area contributed by atoms with Gasteiger partial charge in [0, 0.05) is 35.6 Å². The molecule has 0 atom stereocenters. The molecule has 2 heterocycles. The van der Waals surface area contributed by atoms with Crippen LogP contribution < -0.4 is 10.1 Å². The molecule has 1 N–H and O–H groups in total. The number of ether oxygens (including phenoxy) is 1. The zero-order chi connectivity index (χ0) is 20.1. The van der Waals surface area contributed by atoms with Crippen molar-refractivity contribution in [1.82, 2.24) is 9.97 Å². The van der Waals surface area contributed by atoms with Crippen molar-refractivity contribution in [3.05, 3.63) is 83.8 Å². The SMILES string of the molecule is O=CCc1cc(Nc2nc(-c3cccnc3)c(F)s2)ccc1Oc1ccccc1. The van der Waals surface area contributed by atoms with Gasteiger partial charge in [-0.15, -0.1) is 0 Å². The normalized spacial score (nSPS) is 10.5. The number of rotatable bonds is 7. The number of hydrogen-bond donors (Lipinski definition) is 1. The van der Waals surface area contributed by atoms with Crippen LogP contribution in [0.15, 0.2) is 73.1 Å². The Bertz CT molecular complexity index is 1120. The number of hydrogen-bond acceptors (Lipinski definition) is 6. The Balaban J connectivity index is 1.58. The third-order valence-corrected chi connectivity index (χ3v) is 4.87. The van der Waals surface area contributed by atoms with Crippen LogP contribution >= 0.6 is 11.3 Å². The van der Waals surface area contributed by atoms with Gasteiger partial charge >= 0.3 is 0 Å². The second kappa shape index (κ2) is 8.62. The minimum Gasteiger partial charge on any atom is -0.457 e. The second-order valence-corrected chi connectivity index (χ2v) is 7.07. The largest absolute Gasteiger partial charge is 0.457 e. The molecule has 0 aliphatic carbocycles. The molecule has 2 aromatic heterocycles. The molecule has 0 unspecified atom stereocenters. The molecule has 0 saturated heterocycles. The maximum Gasteiger partial charge on any atom is 0.206 e. The average Bonchev–Trinajstić information content (AvgIpc) is 3.11. The lowest BCUT2D eigenvalue weighted by Crippen LogP contribution is -1.96. The molecule has 0 aliphatic heterocycles. The van der Waals surface area contributed by atoms with Crippen molar-refractivity contribution in [1.29, 1.82) is 0 Å². The molecule has 144 valence electrons. The number of para-hydroxylation sites is 1. The smallest absolute Gasteiger partial charge is 0.206 e. The molecule has 0 saturated carbocycles. The number of carbonyl (C=O) groups is 1. The molecule has 0 radical (unpaired) electrons. The fraction of sp³-hybridized carbons (Fsp3) is 0.0455. The monoisotopic (exact) mass is 405 g/mol. The van der Waals surface area contributed by atoms with Gasteiger partial charge in [0.15, 0.2) is 5.13 Å². The molecule has 7 heteroatoms. The first kappa shape index (κ1) is 18.8. The predicted molar refractivity (Wildman–Crippen MR) is 111 cm³/mol. The number of aldehydes is 1. The minimum absolute atomic E-state index is 0.199. The van der Waals surface area contributed by atoms with Gasteiger partial charge in [-0.1, -0.05) is 29.5 Å². The van der Waals surface area contributed by atoms with Crippen LogP contribution in [-0.4, -0.2) is 16.3 Å². The Morgan fingerprint density at radius 1 is 1.10 bits per heavy atom. The molecule has 29 heavy (non-hydrogen) atoms. The second-order valence-electron chi connectivity index (χ2n) is 6.12. The first-order chi connectivity index (χ1) is 14.2. The lowest BCUT2D eigenvalue weighted by molar-refractivity contribution is -0.107. The van der Waals surface area contributed by atoms with Gasteiger partial charge in [-0.2, -0.15) is 4.39 Å². The molecule has 4 aromatic rings. The zero-order valence-corrected chi connectivity index (χ0v) is 16.0. The molecular formula is C22H16FN3O2S. The summed E-state index contributed by atoms with van der Waals surface area (Å²) >= 11 is 0.913. The van der Waals surface area contributed by atoms with Crippen LogP contribution in [0.5, 0.6) is 11.5 Å². The molecule has 2 aromatic carbocycles. The van der Waals surface area contributed by atoms with Gasteiger partial charge in [0.25, 0.3) is 0 Å². The van der Waals surface area contributed by atoms with Crippen LogP contribution in [0.25, 0.3) is 11.3 Å². The molecule has 5 nitrogen and oxygen atoms in total. The van der Waals surface area contributed by atoms with Crippen molar-refractivity contribution in [3.8, 4) is 22.8 Å². The minimum atomic E-state index is -0.391. The number of carbonyl (C=O) groups excluding carboxylic acids is 1. The summed E-state index contributed by atoms with van der Waals surface area (Å²) in [6, 6.07) is 18.2. The lowest BCUT2D eigenvalue weighted by atomic mass is 10.1. The highest BCUT2D eigenvalue weighted by Crippen LogP contribution is 2.33. The van der Waals surface area contributed by atoms with Crippen molar-refractivity contribution < 1.29 is 13.9 Å². The first-order valence-electron chi connectivity index (χ1n) is 8.86. The molecule has 0 bridgehead atoms. The molecular weight excluding hydrogens is 389 g/mol. The number of pyridine rings is 1. The Morgan fingerprint density at radius 3 is 2.72 bits per heavy atom. The number of thiazole rings is 1. The van der Waals surface area contributed by atoms with Gasteiger partial charge in [-0.3, -0.25) is 4.98 Å². The van der Waals surface area contributed by atoms with Crippen molar-refractivity contribution >= 4 is 28.4 Å². The van der Waals surface area contributed by atoms with E-state index in [9.17, 15) is 9.18 Å². The highest BCUT2D eigenvalue weighted by molar-refractivity contribution is 7.14. The van der Waals surface area contributed by atoms with Crippen LogP contribution in [0.4, 0.5) is 15.2 Å². The van der Waals surface area contributed by atoms with Crippen LogP contribution in [0.1, 0.15) is 5.56 Å². The van der Waals surface area contributed by atoms with Crippen molar-refractivity contribution in [2.45, 2.75) is 6.42 Å². The van der Waals surface area contributed by atoms with E-state index in [2.05, 4.69) is 15.3 Å². The zero-order valence-electron chi connectivity index (χ0n) is 15.2. The predicted octanol–water partition coefficient (Wildman–Crippen LogP) is 5.62. The number of benzene rings is 2. The number of nitrogens with one attached hydrogen (secondary N) is 1. The standard InChI is InChI=1S/C22H16FN3O2S/c23-21-20(16-5-4-11-24-14-16)26-22(29-21)25-17-8-9-19(15(13-17)10-12-27)28-18-6-2-1-3-7-18/h1-9,11-14H,10H2,(H,25,26). The van der Waals surface area contributed by atoms with Crippen LogP contribution in [-0.2, 0) is 11.2 Å². The Morgan fingerprint density at radius 2 is 1.97 bits per heavy atom. The summed E-state index contributed by atoms with van der Waals surface area (Å²) in [5.74, 6) is 1.28. The van der Waals surface area contributed by atoms with Crippen LogP contribution in [0, 0.1) is 5.13 Å². The van der Waals surface area contributed by atoms with Gasteiger partial charge in [0.2, 0.25) is 5.13 Å². The Labute approximate surface area is 170 Å². The molecule has 4 rings (SSSR count). The number of aromatic nitrogens is 2. The number of anilines is 2. The van der Waals surface area contributed by atoms with E-state index in [1.54, 1.807) is 42.7 Å². The maximum absolute atomic E-state index is 14.3. The van der Waals surface area contributed by atoms with E-state index < -0.39 is 5.13 Å². The molecule has 0 fully saturated rings. The summed E-state index contributed by atoms with van der Waals surface area (Å²) in [6.07, 6.45) is 4.21. The third-order valence-electron chi connectivity index (χ3n) is 4.11. The summed E-state index contributed by atoms with van der Waals surface area (Å²) in [5.41, 5.74) is 2.28. The summed E-state index contributed by atoms with van der Waals surface area (Å²) in [5, 5.41) is 3.12. The van der Waals surface area contributed by atoms with E-state index in [1.807, 2.05) is 30.3 Å². The quantitative estimate of drug-likeness (QED) is 0.404. The van der Waals surface area contributed by atoms with Gasteiger partial charge < -0.3 is 14.8 Å². The van der Waals surface area contributed by atoms with E-state index in [0.717, 1.165) is 23.2 Å². The summed E-state index contributed by atoms with van der Waals surface area (Å²) in [6.45, 7) is 0. The maximum atomic E-state index is 14.3. The fourth-order valence-corrected chi connectivity index (χ4v) is 3.52. The topological polar surface area (TPSA) is 64.1 Å². The van der Waals surface area contributed by atoms with Crippen molar-refractivity contribution in [2.24, 2.45) is 0 Å². The van der Waals surface area contributed by atoms with Crippen molar-refractivity contribution in [3.63, 3.8) is 0 Å². The average molecular weight is 405 g/mol. The summed E-state index contributed by atoms with van der Waals surface area (Å²) in [4.78, 5) is 19.4. The third kappa shape index (κ3) is 4.47. The molecule has 0 spiro atoms. The lowest BCUT2D eigenvalue weighted by Gasteiger charge is -2.12. The van der Waals surface area contributed by atoms with Gasteiger partial charge in [-0.25, -0.2) is 4.98 Å². The highest BCUT2D eigenvalue weighted by atomic mass is 32.1. The van der Waals surface area contributed by atoms with Crippen LogP contribution in [0.2, 0.25) is 0 Å². The molecule has 0 aliphatic rings. The summed E-state index contributed by atoms with van der Waals surface area (Å²) in [7, 11) is 0. The van der Waals surface area contributed by atoms with Gasteiger partial charge in [-0.05, 0) is 42.5 Å². The van der Waals surface area contributed by atoms with E-state index in [0.29, 0.717) is 27.9 Å². The van der Waals surface area contributed by atoms with Crippen molar-refractivity contribution in [2.75, 3.05) is 5.32 Å². The van der Waals surface area contributed by atoms with Crippen LogP contribution in [0.3, 0.4) is 0 Å². The van der Waals surface area contributed by atoms with E-state index in [4.69, 9.17) is 4.74 Å². The van der Waals surface area contributed by atoms with Gasteiger partial charge in [0.05, 0.1) is 0 Å². The fourth-order valence-electron chi connectivity index (χ4n) is 2.78. The van der Waals surface area contributed by atoms with E-state index >= 15 is 0 Å². The molecule has 0 amide bonds. The first-order valence-corrected chi connectivity index (χ1v) is 9.68. The van der Waals surface area contributed by atoms with E-state index in [-0.39, 0.29) is 12.1 Å². The Kier molecular flexibility index (Phi) is 5.58. The van der Waals surface area contributed by atoms with E-state index in [1.165, 1.54) is 0 Å². The Hall–Kier alpha value is -3.58. The highest BCUT2D eigenvalue weighted by Gasteiger charge is 2.14. The number of nitrogens with zero attached hydrogens (tertiary/aromatic N) is 2. The summed E-state index contributed by atoms with van der Waals surface area (Å²) < 4.78 is 20.2. The van der Waals surface area contributed by atoms with Gasteiger partial charge in [0.1, 0.15) is 23.5 Å².